The molecule has 1 aliphatic carbocycles. The van der Waals surface area contributed by atoms with Gasteiger partial charge in [-0.1, -0.05) is 12.1 Å². The van der Waals surface area contributed by atoms with Gasteiger partial charge in [0.05, 0.1) is 16.5 Å². The number of aromatic nitrogens is 2. The zero-order valence-corrected chi connectivity index (χ0v) is 19.7. The largest absolute Gasteiger partial charge is 0.371 e. The smallest absolute Gasteiger partial charge is 0.227 e. The van der Waals surface area contributed by atoms with Crippen molar-refractivity contribution in [2.45, 2.75) is 24.2 Å². The first kappa shape index (κ1) is 20.4. The fourth-order valence-electron chi connectivity index (χ4n) is 5.86. The lowest BCUT2D eigenvalue weighted by atomic mass is 9.88. The van der Waals surface area contributed by atoms with E-state index in [1.54, 1.807) is 12.1 Å². The predicted octanol–water partition coefficient (Wildman–Crippen LogP) is 3.69. The van der Waals surface area contributed by atoms with Gasteiger partial charge in [-0.2, -0.15) is 4.98 Å². The molecule has 6 nitrogen and oxygen atoms in total. The summed E-state index contributed by atoms with van der Waals surface area (Å²) in [5, 5.41) is 3.21. The summed E-state index contributed by atoms with van der Waals surface area (Å²) in [5.41, 5.74) is 5.83. The summed E-state index contributed by atoms with van der Waals surface area (Å²) in [6, 6.07) is 13.2. The van der Waals surface area contributed by atoms with Crippen LogP contribution >= 0.6 is 0 Å². The van der Waals surface area contributed by atoms with Crippen LogP contribution in [0.1, 0.15) is 16.8 Å². The van der Waals surface area contributed by atoms with Crippen molar-refractivity contribution < 1.29 is 8.60 Å². The van der Waals surface area contributed by atoms with Gasteiger partial charge >= 0.3 is 0 Å². The summed E-state index contributed by atoms with van der Waals surface area (Å²) in [7, 11) is -1.13. The van der Waals surface area contributed by atoms with Crippen LogP contribution in [0.15, 0.2) is 47.4 Å². The zero-order valence-electron chi connectivity index (χ0n) is 18.8. The lowest BCUT2D eigenvalue weighted by molar-refractivity contribution is 0.533. The van der Waals surface area contributed by atoms with Gasteiger partial charge in [-0.05, 0) is 54.3 Å². The van der Waals surface area contributed by atoms with E-state index in [0.29, 0.717) is 46.4 Å². The number of nitrogens with one attached hydrogen (secondary N) is 1. The van der Waals surface area contributed by atoms with Gasteiger partial charge in [-0.3, -0.25) is 4.21 Å². The number of halogens is 1. The van der Waals surface area contributed by atoms with Gasteiger partial charge in [0.25, 0.3) is 0 Å². The number of rotatable bonds is 4. The van der Waals surface area contributed by atoms with Gasteiger partial charge in [0, 0.05) is 61.6 Å². The number of hydrogen-bond acceptors (Lipinski definition) is 6. The Balaban J connectivity index is 1.12. The topological polar surface area (TPSA) is 61.4 Å². The Labute approximate surface area is 200 Å². The van der Waals surface area contributed by atoms with Crippen molar-refractivity contribution in [2.75, 3.05) is 47.0 Å². The van der Waals surface area contributed by atoms with Crippen molar-refractivity contribution >= 4 is 33.9 Å². The number of benzene rings is 2. The molecule has 4 aliphatic rings. The van der Waals surface area contributed by atoms with E-state index in [1.807, 2.05) is 0 Å². The quantitative estimate of drug-likeness (QED) is 0.621. The first-order valence-corrected chi connectivity index (χ1v) is 13.4. The molecule has 0 saturated carbocycles. The van der Waals surface area contributed by atoms with Crippen molar-refractivity contribution in [3.63, 3.8) is 0 Å². The van der Waals surface area contributed by atoms with E-state index in [0.717, 1.165) is 31.9 Å². The van der Waals surface area contributed by atoms with Crippen LogP contribution in [0.4, 0.5) is 27.5 Å². The SMILES string of the molecule is O=[S@]1CCc2nc(N3CC4CN(c5ccc6c(c5)CC6)CC4C3)nc(Nc3cccc(F)c3)c21. The molecule has 0 spiro atoms. The summed E-state index contributed by atoms with van der Waals surface area (Å²) in [5.74, 6) is 2.64. The third kappa shape index (κ3) is 3.38. The standard InChI is InChI=1S/C26H26FN5OS/c27-20-2-1-3-21(11-20)28-25-24-23(8-9-34(24)33)29-26(30-25)32-14-18-12-31(13-19(18)15-32)22-7-6-16-4-5-17(16)10-22/h1-3,6-7,10-11,18-19H,4-5,8-9,12-15H2,(H,28,29,30)/t18?,19?,34-/m0/s1. The van der Waals surface area contributed by atoms with E-state index < -0.39 is 10.8 Å². The van der Waals surface area contributed by atoms with Gasteiger partial charge in [0.1, 0.15) is 10.7 Å². The molecule has 2 unspecified atom stereocenters. The normalized spacial score (nSPS) is 24.6. The Morgan fingerprint density at radius 3 is 2.44 bits per heavy atom. The first-order valence-electron chi connectivity index (χ1n) is 12.0. The highest BCUT2D eigenvalue weighted by atomic mass is 32.2. The van der Waals surface area contributed by atoms with Crippen LogP contribution in [0.5, 0.6) is 0 Å². The fourth-order valence-corrected chi connectivity index (χ4v) is 7.16. The molecule has 8 heteroatoms. The number of anilines is 4. The Bertz CT molecular complexity index is 1320. The van der Waals surface area contributed by atoms with Crippen LogP contribution in [0, 0.1) is 17.7 Å². The second kappa shape index (κ2) is 7.77. The van der Waals surface area contributed by atoms with E-state index in [4.69, 9.17) is 9.97 Å². The Kier molecular flexibility index (Phi) is 4.65. The summed E-state index contributed by atoms with van der Waals surface area (Å²) in [4.78, 5) is 15.1. The Morgan fingerprint density at radius 2 is 1.71 bits per heavy atom. The number of aryl methyl sites for hydroxylation is 3. The third-order valence-corrected chi connectivity index (χ3v) is 9.21. The molecule has 2 aromatic carbocycles. The molecule has 0 amide bonds. The molecule has 1 N–H and O–H groups in total. The van der Waals surface area contributed by atoms with Crippen LogP contribution in [-0.2, 0) is 30.1 Å². The molecular formula is C26H26FN5OS. The van der Waals surface area contributed by atoms with Gasteiger partial charge in [0.15, 0.2) is 5.82 Å². The molecule has 3 atom stereocenters. The number of nitrogens with zero attached hydrogens (tertiary/aromatic N) is 4. The molecule has 0 radical (unpaired) electrons. The molecule has 3 aromatic rings. The second-order valence-corrected chi connectivity index (χ2v) is 11.4. The van der Waals surface area contributed by atoms with Crippen LogP contribution in [0.25, 0.3) is 0 Å². The summed E-state index contributed by atoms with van der Waals surface area (Å²) >= 11 is 0. The summed E-state index contributed by atoms with van der Waals surface area (Å²) < 4.78 is 26.4. The van der Waals surface area contributed by atoms with Gasteiger partial charge in [-0.25, -0.2) is 9.37 Å². The highest BCUT2D eigenvalue weighted by Crippen LogP contribution is 2.38. The molecule has 4 heterocycles. The van der Waals surface area contributed by atoms with Crippen LogP contribution < -0.4 is 15.1 Å². The third-order valence-electron chi connectivity index (χ3n) is 7.75. The maximum absolute atomic E-state index is 13.7. The molecule has 2 saturated heterocycles. The Hall–Kier alpha value is -3.00. The summed E-state index contributed by atoms with van der Waals surface area (Å²) in [6.07, 6.45) is 3.12. The van der Waals surface area contributed by atoms with E-state index in [-0.39, 0.29) is 5.82 Å². The molecule has 174 valence electrons. The Morgan fingerprint density at radius 1 is 0.912 bits per heavy atom. The van der Waals surface area contributed by atoms with Crippen molar-refractivity contribution in [2.24, 2.45) is 11.8 Å². The molecule has 1 aromatic heterocycles. The molecule has 3 aliphatic heterocycles. The van der Waals surface area contributed by atoms with Gasteiger partial charge < -0.3 is 15.1 Å². The molecular weight excluding hydrogens is 449 g/mol. The maximum atomic E-state index is 13.7. The zero-order chi connectivity index (χ0) is 22.8. The predicted molar refractivity (Wildman–Crippen MR) is 132 cm³/mol. The highest BCUT2D eigenvalue weighted by molar-refractivity contribution is 7.85. The molecule has 7 rings (SSSR count). The minimum Gasteiger partial charge on any atom is -0.371 e. The minimum absolute atomic E-state index is 0.318. The monoisotopic (exact) mass is 475 g/mol. The minimum atomic E-state index is -1.13. The van der Waals surface area contributed by atoms with Crippen LogP contribution in [0.2, 0.25) is 0 Å². The van der Waals surface area contributed by atoms with Crippen molar-refractivity contribution in [3.8, 4) is 0 Å². The number of hydrogen-bond donors (Lipinski definition) is 1. The van der Waals surface area contributed by atoms with E-state index in [9.17, 15) is 8.60 Å². The van der Waals surface area contributed by atoms with Gasteiger partial charge in [-0.15, -0.1) is 0 Å². The van der Waals surface area contributed by atoms with Crippen molar-refractivity contribution in [1.29, 1.82) is 0 Å². The van der Waals surface area contributed by atoms with Crippen molar-refractivity contribution in [1.82, 2.24) is 9.97 Å². The lowest BCUT2D eigenvalue weighted by Gasteiger charge is -2.26. The van der Waals surface area contributed by atoms with Crippen LogP contribution in [0.3, 0.4) is 0 Å². The number of fused-ring (bicyclic) bond motifs is 3. The van der Waals surface area contributed by atoms with Crippen LogP contribution in [-0.4, -0.2) is 46.1 Å². The first-order chi connectivity index (χ1) is 16.6. The maximum Gasteiger partial charge on any atom is 0.227 e. The van der Waals surface area contributed by atoms with Crippen molar-refractivity contribution in [3.05, 3.63) is 65.1 Å². The fraction of sp³-hybridized carbons (Fsp3) is 0.385. The molecule has 34 heavy (non-hydrogen) atoms. The molecule has 0 bridgehead atoms. The van der Waals surface area contributed by atoms with E-state index in [1.165, 1.54) is 41.8 Å². The van der Waals surface area contributed by atoms with E-state index >= 15 is 0 Å². The van der Waals surface area contributed by atoms with Gasteiger partial charge in [0.2, 0.25) is 5.95 Å². The summed E-state index contributed by atoms with van der Waals surface area (Å²) in [6.45, 7) is 3.97. The van der Waals surface area contributed by atoms with E-state index in [2.05, 4.69) is 33.3 Å². The second-order valence-electron chi connectivity index (χ2n) is 9.87. The average molecular weight is 476 g/mol. The highest BCUT2D eigenvalue weighted by Gasteiger charge is 2.41. The lowest BCUT2D eigenvalue weighted by Crippen LogP contribution is -2.30. The average Bonchev–Trinajstić information content (AvgIpc) is 3.48. The molecule has 2 fully saturated rings.